The summed E-state index contributed by atoms with van der Waals surface area (Å²) in [6, 6.07) is 6.32. The summed E-state index contributed by atoms with van der Waals surface area (Å²) in [4.78, 5) is 0. The fourth-order valence-electron chi connectivity index (χ4n) is 1.06. The first kappa shape index (κ1) is 11.0. The van der Waals surface area contributed by atoms with Crippen molar-refractivity contribution in [3.05, 3.63) is 30.1 Å². The minimum Gasteiger partial charge on any atom is -0.489 e. The second kappa shape index (κ2) is 4.96. The fourth-order valence-corrected chi connectivity index (χ4v) is 1.06. The third kappa shape index (κ3) is 3.00. The molecule has 0 bridgehead atoms. The zero-order valence-electron chi connectivity index (χ0n) is 8.75. The van der Waals surface area contributed by atoms with Gasteiger partial charge in [-0.25, -0.2) is 4.39 Å². The molecule has 78 valence electrons. The predicted molar refractivity (Wildman–Crippen MR) is 55.0 cm³/mol. The van der Waals surface area contributed by atoms with E-state index in [0.717, 1.165) is 0 Å². The number of halogens is 1. The standard InChI is InChI=1S/C11H16FNO/c1-8(13-3)9(2)14-11-6-4-10(12)5-7-11/h4-9,13H,1-3H3. The highest BCUT2D eigenvalue weighted by atomic mass is 19.1. The molecule has 0 saturated carbocycles. The average Bonchev–Trinajstić information content (AvgIpc) is 2.20. The summed E-state index contributed by atoms with van der Waals surface area (Å²) < 4.78 is 18.2. The van der Waals surface area contributed by atoms with Crippen molar-refractivity contribution in [2.75, 3.05) is 7.05 Å². The lowest BCUT2D eigenvalue weighted by Gasteiger charge is -2.20. The van der Waals surface area contributed by atoms with Gasteiger partial charge in [-0.1, -0.05) is 0 Å². The maximum atomic E-state index is 12.6. The first-order valence-corrected chi connectivity index (χ1v) is 4.73. The van der Waals surface area contributed by atoms with Crippen LogP contribution in [-0.4, -0.2) is 19.2 Å². The smallest absolute Gasteiger partial charge is 0.123 e. The fraction of sp³-hybridized carbons (Fsp3) is 0.455. The molecule has 0 aliphatic carbocycles. The molecule has 0 aliphatic heterocycles. The molecular weight excluding hydrogens is 181 g/mol. The molecule has 1 rings (SSSR count). The van der Waals surface area contributed by atoms with E-state index in [-0.39, 0.29) is 18.0 Å². The first-order chi connectivity index (χ1) is 6.63. The molecule has 3 heteroatoms. The van der Waals surface area contributed by atoms with E-state index < -0.39 is 0 Å². The first-order valence-electron chi connectivity index (χ1n) is 4.73. The van der Waals surface area contributed by atoms with Crippen molar-refractivity contribution in [3.8, 4) is 5.75 Å². The van der Waals surface area contributed by atoms with Crippen molar-refractivity contribution >= 4 is 0 Å². The Labute approximate surface area is 84.1 Å². The van der Waals surface area contributed by atoms with Crippen LogP contribution in [0.5, 0.6) is 5.75 Å². The van der Waals surface area contributed by atoms with E-state index in [9.17, 15) is 4.39 Å². The van der Waals surface area contributed by atoms with E-state index in [0.29, 0.717) is 5.75 Å². The second-order valence-electron chi connectivity index (χ2n) is 3.35. The van der Waals surface area contributed by atoms with Crippen LogP contribution in [0.1, 0.15) is 13.8 Å². The van der Waals surface area contributed by atoms with E-state index in [1.165, 1.54) is 12.1 Å². The van der Waals surface area contributed by atoms with Crippen molar-refractivity contribution in [1.82, 2.24) is 5.32 Å². The normalized spacial score (nSPS) is 14.9. The Morgan fingerprint density at radius 2 is 1.79 bits per heavy atom. The van der Waals surface area contributed by atoms with Crippen molar-refractivity contribution in [2.24, 2.45) is 0 Å². The Balaban J connectivity index is 2.56. The molecule has 1 aromatic carbocycles. The third-order valence-corrected chi connectivity index (χ3v) is 2.30. The molecular formula is C11H16FNO. The number of ether oxygens (including phenoxy) is 1. The zero-order chi connectivity index (χ0) is 10.6. The van der Waals surface area contributed by atoms with Gasteiger partial charge in [0, 0.05) is 6.04 Å². The van der Waals surface area contributed by atoms with Crippen LogP contribution in [0.25, 0.3) is 0 Å². The largest absolute Gasteiger partial charge is 0.489 e. The van der Waals surface area contributed by atoms with Crippen LogP contribution in [0, 0.1) is 5.82 Å². The number of nitrogens with one attached hydrogen (secondary N) is 1. The number of hydrogen-bond acceptors (Lipinski definition) is 2. The summed E-state index contributed by atoms with van der Waals surface area (Å²) >= 11 is 0. The van der Waals surface area contributed by atoms with Gasteiger partial charge in [-0.15, -0.1) is 0 Å². The highest BCUT2D eigenvalue weighted by Gasteiger charge is 2.10. The summed E-state index contributed by atoms with van der Waals surface area (Å²) in [5.74, 6) is 0.452. The minimum atomic E-state index is -0.244. The molecule has 14 heavy (non-hydrogen) atoms. The highest BCUT2D eigenvalue weighted by Crippen LogP contribution is 2.13. The lowest BCUT2D eigenvalue weighted by atomic mass is 10.2. The van der Waals surface area contributed by atoms with Gasteiger partial charge in [-0.05, 0) is 45.2 Å². The van der Waals surface area contributed by atoms with Gasteiger partial charge >= 0.3 is 0 Å². The maximum absolute atomic E-state index is 12.6. The molecule has 0 spiro atoms. The van der Waals surface area contributed by atoms with E-state index in [2.05, 4.69) is 5.32 Å². The molecule has 1 N–H and O–H groups in total. The Kier molecular flexibility index (Phi) is 3.89. The molecule has 2 atom stereocenters. The molecule has 0 fully saturated rings. The Morgan fingerprint density at radius 3 is 2.29 bits per heavy atom. The second-order valence-corrected chi connectivity index (χ2v) is 3.35. The molecule has 0 aliphatic rings. The van der Waals surface area contributed by atoms with Gasteiger partial charge in [0.15, 0.2) is 0 Å². The summed E-state index contributed by atoms with van der Waals surface area (Å²) in [5, 5.41) is 3.10. The van der Waals surface area contributed by atoms with Gasteiger partial charge in [0.05, 0.1) is 0 Å². The summed E-state index contributed by atoms with van der Waals surface area (Å²) in [7, 11) is 1.88. The van der Waals surface area contributed by atoms with Gasteiger partial charge in [0.25, 0.3) is 0 Å². The number of rotatable bonds is 4. The molecule has 0 radical (unpaired) electrons. The zero-order valence-corrected chi connectivity index (χ0v) is 8.75. The van der Waals surface area contributed by atoms with Crippen LogP contribution >= 0.6 is 0 Å². The van der Waals surface area contributed by atoms with Gasteiger partial charge in [-0.3, -0.25) is 0 Å². The number of hydrogen-bond donors (Lipinski definition) is 1. The molecule has 0 amide bonds. The monoisotopic (exact) mass is 197 g/mol. The van der Waals surface area contributed by atoms with Crippen molar-refractivity contribution < 1.29 is 9.13 Å². The molecule has 0 aromatic heterocycles. The minimum absolute atomic E-state index is 0.0606. The Hall–Kier alpha value is -1.09. The lowest BCUT2D eigenvalue weighted by Crippen LogP contribution is -2.36. The SMILES string of the molecule is CNC(C)C(C)Oc1ccc(F)cc1. The van der Waals surface area contributed by atoms with E-state index in [1.54, 1.807) is 12.1 Å². The van der Waals surface area contributed by atoms with Crippen LogP contribution in [0.4, 0.5) is 4.39 Å². The molecule has 0 heterocycles. The molecule has 1 aromatic rings. The van der Waals surface area contributed by atoms with E-state index >= 15 is 0 Å². The summed E-state index contributed by atoms with van der Waals surface area (Å²) in [6.45, 7) is 4.01. The lowest BCUT2D eigenvalue weighted by molar-refractivity contribution is 0.182. The molecule has 2 nitrogen and oxygen atoms in total. The quantitative estimate of drug-likeness (QED) is 0.799. The van der Waals surface area contributed by atoms with E-state index in [4.69, 9.17) is 4.74 Å². The third-order valence-electron chi connectivity index (χ3n) is 2.30. The van der Waals surface area contributed by atoms with Crippen molar-refractivity contribution in [2.45, 2.75) is 26.0 Å². The summed E-state index contributed by atoms with van der Waals surface area (Å²) in [5.41, 5.74) is 0. The van der Waals surface area contributed by atoms with Crippen molar-refractivity contribution in [3.63, 3.8) is 0 Å². The van der Waals surface area contributed by atoms with Gasteiger partial charge in [0.1, 0.15) is 17.7 Å². The predicted octanol–water partition coefficient (Wildman–Crippen LogP) is 2.20. The van der Waals surface area contributed by atoms with Crippen LogP contribution in [0.15, 0.2) is 24.3 Å². The number of likely N-dealkylation sites (N-methyl/N-ethyl adjacent to an activating group) is 1. The topological polar surface area (TPSA) is 21.3 Å². The Morgan fingerprint density at radius 1 is 1.21 bits per heavy atom. The van der Waals surface area contributed by atoms with Crippen molar-refractivity contribution in [1.29, 1.82) is 0 Å². The van der Waals surface area contributed by atoms with Gasteiger partial charge in [-0.2, -0.15) is 0 Å². The van der Waals surface area contributed by atoms with Crippen LogP contribution in [0.2, 0.25) is 0 Å². The van der Waals surface area contributed by atoms with Gasteiger partial charge in [0.2, 0.25) is 0 Å². The van der Waals surface area contributed by atoms with Crippen LogP contribution < -0.4 is 10.1 Å². The number of benzene rings is 1. The van der Waals surface area contributed by atoms with Crippen LogP contribution in [0.3, 0.4) is 0 Å². The highest BCUT2D eigenvalue weighted by molar-refractivity contribution is 5.22. The molecule has 2 unspecified atom stereocenters. The van der Waals surface area contributed by atoms with Crippen LogP contribution in [-0.2, 0) is 0 Å². The summed E-state index contributed by atoms with van der Waals surface area (Å²) in [6.07, 6.45) is 0.0606. The Bertz CT molecular complexity index is 273. The van der Waals surface area contributed by atoms with E-state index in [1.807, 2.05) is 20.9 Å². The molecule has 0 saturated heterocycles. The maximum Gasteiger partial charge on any atom is 0.123 e. The van der Waals surface area contributed by atoms with Gasteiger partial charge < -0.3 is 10.1 Å². The average molecular weight is 197 g/mol.